The quantitative estimate of drug-likeness (QED) is 0.278. The minimum absolute atomic E-state index is 0.0274. The number of carbonyl (C=O) groups excluding carboxylic acids is 3. The number of benzene rings is 2. The van der Waals surface area contributed by atoms with Crippen molar-refractivity contribution in [2.24, 2.45) is 5.41 Å². The van der Waals surface area contributed by atoms with Crippen molar-refractivity contribution in [3.8, 4) is 0 Å². The predicted octanol–water partition coefficient (Wildman–Crippen LogP) is 4.45. The molecule has 2 aromatic carbocycles. The summed E-state index contributed by atoms with van der Waals surface area (Å²) >= 11 is 0. The molecule has 0 aliphatic carbocycles. The molecule has 10 nitrogen and oxygen atoms in total. The lowest BCUT2D eigenvalue weighted by Crippen LogP contribution is -2.28. The number of ketones is 1. The molecule has 0 unspecified atom stereocenters. The standard InChI is InChI=1S/C32H39N3O7S/c1-5-35-29-27(8-6-18-41-19-7-17-33-30(29)37)28(34-35)20-32(3,4)21-42-31(38)24-11-15-26(16-12-24)43(39,40)25-13-9-23(10-14-25)22(2)36/h9-16H,5-8,17-21H2,1-4H3,(H,33,37). The third-order valence-corrected chi connectivity index (χ3v) is 9.11. The van der Waals surface area contributed by atoms with Crippen molar-refractivity contribution in [2.45, 2.75) is 69.7 Å². The largest absolute Gasteiger partial charge is 0.462 e. The third kappa shape index (κ3) is 7.77. The van der Waals surface area contributed by atoms with Gasteiger partial charge in [0.25, 0.3) is 5.91 Å². The van der Waals surface area contributed by atoms with Crippen LogP contribution in [0.15, 0.2) is 58.3 Å². The number of carbonyl (C=O) groups is 3. The van der Waals surface area contributed by atoms with E-state index < -0.39 is 21.2 Å². The molecule has 0 atom stereocenters. The van der Waals surface area contributed by atoms with E-state index >= 15 is 0 Å². The number of amides is 1. The number of esters is 1. The highest BCUT2D eigenvalue weighted by Crippen LogP contribution is 2.28. The molecule has 1 N–H and O–H groups in total. The van der Waals surface area contributed by atoms with Gasteiger partial charge in [0.2, 0.25) is 9.84 Å². The molecule has 0 radical (unpaired) electrons. The van der Waals surface area contributed by atoms with E-state index in [1.165, 1.54) is 55.5 Å². The van der Waals surface area contributed by atoms with E-state index in [0.717, 1.165) is 24.1 Å². The molecule has 0 saturated heterocycles. The van der Waals surface area contributed by atoms with Gasteiger partial charge in [0.05, 0.1) is 27.7 Å². The molecular formula is C32H39N3O7S. The normalized spacial score (nSPS) is 14.7. The van der Waals surface area contributed by atoms with Crippen molar-refractivity contribution in [3.63, 3.8) is 0 Å². The fourth-order valence-electron chi connectivity index (χ4n) is 4.97. The van der Waals surface area contributed by atoms with Crippen LogP contribution in [-0.2, 0) is 38.7 Å². The molecule has 1 aliphatic heterocycles. The topological polar surface area (TPSA) is 134 Å². The fraction of sp³-hybridized carbons (Fsp3) is 0.438. The summed E-state index contributed by atoms with van der Waals surface area (Å²) in [6, 6.07) is 11.3. The molecular weight excluding hydrogens is 570 g/mol. The Hall–Kier alpha value is -3.83. The number of aromatic nitrogens is 2. The summed E-state index contributed by atoms with van der Waals surface area (Å²) < 4.78 is 39.1. The average Bonchev–Trinajstić information content (AvgIpc) is 3.31. The molecule has 11 heteroatoms. The van der Waals surface area contributed by atoms with Gasteiger partial charge in [-0.05, 0) is 69.5 Å². The minimum atomic E-state index is -3.83. The average molecular weight is 610 g/mol. The van der Waals surface area contributed by atoms with Crippen molar-refractivity contribution in [3.05, 3.63) is 76.6 Å². The number of sulfone groups is 1. The fourth-order valence-corrected chi connectivity index (χ4v) is 6.23. The molecule has 4 rings (SSSR count). The van der Waals surface area contributed by atoms with E-state index in [-0.39, 0.29) is 33.7 Å². The second kappa shape index (κ2) is 13.6. The Labute approximate surface area is 252 Å². The Kier molecular flexibility index (Phi) is 10.2. The Balaban J connectivity index is 1.44. The van der Waals surface area contributed by atoms with Crippen LogP contribution in [0.25, 0.3) is 0 Å². The molecule has 0 saturated carbocycles. The molecule has 1 aromatic heterocycles. The maximum absolute atomic E-state index is 13.0. The van der Waals surface area contributed by atoms with Crippen molar-refractivity contribution in [1.29, 1.82) is 0 Å². The molecule has 0 spiro atoms. The van der Waals surface area contributed by atoms with E-state index in [4.69, 9.17) is 14.6 Å². The monoisotopic (exact) mass is 609 g/mol. The lowest BCUT2D eigenvalue weighted by Gasteiger charge is -2.24. The lowest BCUT2D eigenvalue weighted by atomic mass is 9.86. The summed E-state index contributed by atoms with van der Waals surface area (Å²) in [5, 5.41) is 7.75. The number of ether oxygens (including phenoxy) is 2. The summed E-state index contributed by atoms with van der Waals surface area (Å²) in [7, 11) is -3.83. The zero-order valence-electron chi connectivity index (χ0n) is 25.1. The molecule has 43 heavy (non-hydrogen) atoms. The van der Waals surface area contributed by atoms with Gasteiger partial charge in [0.15, 0.2) is 5.78 Å². The van der Waals surface area contributed by atoms with E-state index in [2.05, 4.69) is 5.32 Å². The van der Waals surface area contributed by atoms with Crippen molar-refractivity contribution < 1.29 is 32.3 Å². The summed E-state index contributed by atoms with van der Waals surface area (Å²) in [4.78, 5) is 37.5. The number of nitrogens with zero attached hydrogens (tertiary/aromatic N) is 2. The smallest absolute Gasteiger partial charge is 0.338 e. The molecule has 230 valence electrons. The highest BCUT2D eigenvalue weighted by Gasteiger charge is 2.29. The van der Waals surface area contributed by atoms with Gasteiger partial charge in [0, 0.05) is 49.3 Å². The second-order valence-corrected chi connectivity index (χ2v) is 13.4. The summed E-state index contributed by atoms with van der Waals surface area (Å²) in [6.45, 7) is 9.70. The Morgan fingerprint density at radius 1 is 1.00 bits per heavy atom. The number of rotatable bonds is 9. The maximum atomic E-state index is 13.0. The van der Waals surface area contributed by atoms with Crippen molar-refractivity contribution in [2.75, 3.05) is 26.4 Å². The second-order valence-electron chi connectivity index (χ2n) is 11.4. The van der Waals surface area contributed by atoms with Crippen LogP contribution in [0.5, 0.6) is 0 Å². The van der Waals surface area contributed by atoms with Crippen molar-refractivity contribution in [1.82, 2.24) is 15.1 Å². The van der Waals surface area contributed by atoms with Crippen LogP contribution in [0.1, 0.15) is 83.0 Å². The number of Topliss-reactive ketones (excluding diaryl/α,β-unsaturated/α-hetero) is 1. The van der Waals surface area contributed by atoms with E-state index in [1.807, 2.05) is 20.8 Å². The van der Waals surface area contributed by atoms with Gasteiger partial charge in [-0.1, -0.05) is 26.0 Å². The Bertz CT molecular complexity index is 1570. The van der Waals surface area contributed by atoms with Gasteiger partial charge in [-0.15, -0.1) is 0 Å². The minimum Gasteiger partial charge on any atom is -0.462 e. The van der Waals surface area contributed by atoms with E-state index in [0.29, 0.717) is 50.4 Å². The first-order chi connectivity index (χ1) is 20.4. The Morgan fingerprint density at radius 2 is 1.60 bits per heavy atom. The molecule has 3 aromatic rings. The van der Waals surface area contributed by atoms with Crippen molar-refractivity contribution >= 4 is 27.5 Å². The van der Waals surface area contributed by atoms with Crippen LogP contribution in [0, 0.1) is 5.41 Å². The molecule has 0 bridgehead atoms. The van der Waals surface area contributed by atoms with Gasteiger partial charge in [-0.2, -0.15) is 5.10 Å². The first-order valence-electron chi connectivity index (χ1n) is 14.5. The maximum Gasteiger partial charge on any atom is 0.338 e. The summed E-state index contributed by atoms with van der Waals surface area (Å²) in [5.74, 6) is -0.863. The van der Waals surface area contributed by atoms with E-state index in [9.17, 15) is 22.8 Å². The lowest BCUT2D eigenvalue weighted by molar-refractivity contribution is 0.0339. The van der Waals surface area contributed by atoms with Gasteiger partial charge in [-0.25, -0.2) is 13.2 Å². The van der Waals surface area contributed by atoms with E-state index in [1.54, 1.807) is 4.68 Å². The molecule has 2 heterocycles. The SMILES string of the molecule is CCn1nc(CC(C)(C)COC(=O)c2ccc(S(=O)(=O)c3ccc(C(C)=O)cc3)cc2)c2c1C(=O)NCCCOCCC2. The molecule has 1 amide bonds. The zero-order valence-corrected chi connectivity index (χ0v) is 26.0. The van der Waals surface area contributed by atoms with Crippen LogP contribution in [0.2, 0.25) is 0 Å². The number of fused-ring (bicyclic) bond motifs is 1. The number of hydrogen-bond donors (Lipinski definition) is 1. The van der Waals surface area contributed by atoms with Gasteiger partial charge >= 0.3 is 5.97 Å². The number of aryl methyl sites for hydroxylation is 1. The first kappa shape index (κ1) is 32.1. The van der Waals surface area contributed by atoms with Gasteiger partial charge < -0.3 is 14.8 Å². The van der Waals surface area contributed by atoms with Crippen LogP contribution >= 0.6 is 0 Å². The van der Waals surface area contributed by atoms with Gasteiger partial charge in [-0.3, -0.25) is 14.3 Å². The highest BCUT2D eigenvalue weighted by atomic mass is 32.2. The Morgan fingerprint density at radius 3 is 2.21 bits per heavy atom. The first-order valence-corrected chi connectivity index (χ1v) is 16.0. The molecule has 0 fully saturated rings. The summed E-state index contributed by atoms with van der Waals surface area (Å²) in [6.07, 6.45) is 2.67. The zero-order chi connectivity index (χ0) is 31.2. The number of nitrogens with one attached hydrogen (secondary N) is 1. The van der Waals surface area contributed by atoms with Crippen LogP contribution < -0.4 is 5.32 Å². The highest BCUT2D eigenvalue weighted by molar-refractivity contribution is 7.91. The van der Waals surface area contributed by atoms with Crippen LogP contribution in [-0.4, -0.2) is 62.2 Å². The third-order valence-electron chi connectivity index (χ3n) is 7.33. The molecule has 1 aliphatic rings. The number of hydrogen-bond acceptors (Lipinski definition) is 8. The van der Waals surface area contributed by atoms with Gasteiger partial charge in [0.1, 0.15) is 5.69 Å². The predicted molar refractivity (Wildman–Crippen MR) is 160 cm³/mol. The summed E-state index contributed by atoms with van der Waals surface area (Å²) in [5.41, 5.74) is 2.44. The van der Waals surface area contributed by atoms with Crippen LogP contribution in [0.3, 0.4) is 0 Å². The van der Waals surface area contributed by atoms with Crippen LogP contribution in [0.4, 0.5) is 0 Å².